The molecule has 0 saturated carbocycles. The van der Waals surface area contributed by atoms with E-state index in [2.05, 4.69) is 19.2 Å². The molecular weight excluding hydrogens is 182 g/mol. The molecule has 0 bridgehead atoms. The molecule has 0 radical (unpaired) electrons. The molecule has 0 saturated heterocycles. The topological polar surface area (TPSA) is 47.6 Å². The molecule has 0 aliphatic heterocycles. The van der Waals surface area contributed by atoms with Crippen molar-refractivity contribution in [2.24, 2.45) is 5.92 Å². The maximum atomic E-state index is 11.0. The number of hydrogen-bond acceptors (Lipinski definition) is 4. The van der Waals surface area contributed by atoms with Crippen LogP contribution in [0.4, 0.5) is 0 Å². The van der Waals surface area contributed by atoms with Crippen molar-refractivity contribution in [2.75, 3.05) is 32.9 Å². The second-order valence-corrected chi connectivity index (χ2v) is 3.47. The van der Waals surface area contributed by atoms with Gasteiger partial charge in [-0.25, -0.2) is 0 Å². The second kappa shape index (κ2) is 8.97. The summed E-state index contributed by atoms with van der Waals surface area (Å²) in [5.74, 6) is 0.299. The lowest BCUT2D eigenvalue weighted by Gasteiger charge is -2.07. The monoisotopic (exact) mass is 203 g/mol. The Kier molecular flexibility index (Phi) is 8.57. The Labute approximate surface area is 86.0 Å². The summed E-state index contributed by atoms with van der Waals surface area (Å²) in [6, 6.07) is 0. The zero-order valence-corrected chi connectivity index (χ0v) is 9.34. The fourth-order valence-electron chi connectivity index (χ4n) is 0.812. The van der Waals surface area contributed by atoms with E-state index in [1.165, 1.54) is 0 Å². The van der Waals surface area contributed by atoms with Crippen molar-refractivity contribution in [1.82, 2.24) is 5.32 Å². The van der Waals surface area contributed by atoms with Gasteiger partial charge in [-0.1, -0.05) is 20.8 Å². The Morgan fingerprint density at radius 3 is 2.64 bits per heavy atom. The molecule has 0 rings (SSSR count). The van der Waals surface area contributed by atoms with Crippen LogP contribution in [-0.4, -0.2) is 38.9 Å². The average molecular weight is 203 g/mol. The van der Waals surface area contributed by atoms with Gasteiger partial charge in [0.05, 0.1) is 13.2 Å². The van der Waals surface area contributed by atoms with Crippen molar-refractivity contribution in [2.45, 2.75) is 20.8 Å². The molecule has 0 aromatic rings. The highest BCUT2D eigenvalue weighted by Crippen LogP contribution is 1.91. The summed E-state index contributed by atoms with van der Waals surface area (Å²) in [5, 5.41) is 2.89. The van der Waals surface area contributed by atoms with Crippen LogP contribution in [0.5, 0.6) is 0 Å². The average Bonchev–Trinajstić information content (AvgIpc) is 2.13. The molecule has 0 unspecified atom stereocenters. The van der Waals surface area contributed by atoms with Crippen LogP contribution in [-0.2, 0) is 14.3 Å². The molecule has 0 heterocycles. The number of carbonyl (C=O) groups is 1. The van der Waals surface area contributed by atoms with Gasteiger partial charge in [0.15, 0.2) is 0 Å². The van der Waals surface area contributed by atoms with E-state index in [0.717, 1.165) is 6.54 Å². The minimum absolute atomic E-state index is 0.222. The first-order valence-electron chi connectivity index (χ1n) is 5.10. The summed E-state index contributed by atoms with van der Waals surface area (Å²) in [6.07, 6.45) is 0. The number of hydrogen-bond donors (Lipinski definition) is 1. The van der Waals surface area contributed by atoms with Gasteiger partial charge in [-0.05, 0) is 12.5 Å². The standard InChI is InChI=1S/C10H21NO3/c1-4-11-7-10(12)14-6-5-13-8-9(2)3/h9,11H,4-8H2,1-3H3. The number of ether oxygens (including phenoxy) is 2. The minimum Gasteiger partial charge on any atom is -0.462 e. The van der Waals surface area contributed by atoms with Gasteiger partial charge in [-0.2, -0.15) is 0 Å². The molecule has 0 fully saturated rings. The van der Waals surface area contributed by atoms with Crippen LogP contribution in [0.25, 0.3) is 0 Å². The Bertz CT molecular complexity index is 148. The van der Waals surface area contributed by atoms with Gasteiger partial charge >= 0.3 is 5.97 Å². The van der Waals surface area contributed by atoms with Crippen LogP contribution in [0.1, 0.15) is 20.8 Å². The van der Waals surface area contributed by atoms with Crippen LogP contribution in [0.2, 0.25) is 0 Å². The SMILES string of the molecule is CCNCC(=O)OCCOCC(C)C. The van der Waals surface area contributed by atoms with Gasteiger partial charge in [0.1, 0.15) is 6.61 Å². The molecule has 0 aliphatic carbocycles. The van der Waals surface area contributed by atoms with Crippen molar-refractivity contribution in [3.63, 3.8) is 0 Å². The Morgan fingerprint density at radius 1 is 1.36 bits per heavy atom. The second-order valence-electron chi connectivity index (χ2n) is 3.47. The summed E-state index contributed by atoms with van der Waals surface area (Å²) in [5.41, 5.74) is 0. The summed E-state index contributed by atoms with van der Waals surface area (Å²) >= 11 is 0. The molecule has 1 N–H and O–H groups in total. The molecular formula is C10H21NO3. The summed E-state index contributed by atoms with van der Waals surface area (Å²) in [4.78, 5) is 11.0. The Morgan fingerprint density at radius 2 is 2.07 bits per heavy atom. The summed E-state index contributed by atoms with van der Waals surface area (Å²) in [7, 11) is 0. The third-order valence-corrected chi connectivity index (χ3v) is 1.46. The van der Waals surface area contributed by atoms with Gasteiger partial charge in [-0.3, -0.25) is 4.79 Å². The molecule has 4 nitrogen and oxygen atoms in total. The molecule has 0 atom stereocenters. The number of rotatable bonds is 8. The molecule has 0 aliphatic rings. The van der Waals surface area contributed by atoms with Gasteiger partial charge in [0.25, 0.3) is 0 Å². The van der Waals surface area contributed by atoms with Crippen molar-refractivity contribution in [3.8, 4) is 0 Å². The van der Waals surface area contributed by atoms with Crippen LogP contribution < -0.4 is 5.32 Å². The maximum absolute atomic E-state index is 11.0. The quantitative estimate of drug-likeness (QED) is 0.468. The zero-order valence-electron chi connectivity index (χ0n) is 9.34. The first kappa shape index (κ1) is 13.4. The zero-order chi connectivity index (χ0) is 10.8. The first-order chi connectivity index (χ1) is 6.66. The summed E-state index contributed by atoms with van der Waals surface area (Å²) in [6.45, 7) is 8.70. The molecule has 4 heteroatoms. The number of esters is 1. The van der Waals surface area contributed by atoms with Gasteiger partial charge in [0.2, 0.25) is 0 Å². The molecule has 14 heavy (non-hydrogen) atoms. The highest BCUT2D eigenvalue weighted by Gasteiger charge is 2.00. The number of nitrogens with one attached hydrogen (secondary N) is 1. The van der Waals surface area contributed by atoms with Crippen molar-refractivity contribution < 1.29 is 14.3 Å². The fourth-order valence-corrected chi connectivity index (χ4v) is 0.812. The minimum atomic E-state index is -0.222. The van der Waals surface area contributed by atoms with E-state index < -0.39 is 0 Å². The smallest absolute Gasteiger partial charge is 0.319 e. The molecule has 0 aromatic heterocycles. The highest BCUT2D eigenvalue weighted by atomic mass is 16.6. The fraction of sp³-hybridized carbons (Fsp3) is 0.900. The number of likely N-dealkylation sites (N-methyl/N-ethyl adjacent to an activating group) is 1. The van der Waals surface area contributed by atoms with Gasteiger partial charge in [0, 0.05) is 6.61 Å². The Hall–Kier alpha value is -0.610. The number of carbonyl (C=O) groups excluding carboxylic acids is 1. The van der Waals surface area contributed by atoms with E-state index in [-0.39, 0.29) is 12.5 Å². The predicted octanol–water partition coefficient (Wildman–Crippen LogP) is 0.812. The van der Waals surface area contributed by atoms with E-state index in [1.54, 1.807) is 0 Å². The van der Waals surface area contributed by atoms with Crippen molar-refractivity contribution >= 4 is 5.97 Å². The predicted molar refractivity (Wildman–Crippen MR) is 55.2 cm³/mol. The highest BCUT2D eigenvalue weighted by molar-refractivity contribution is 5.71. The molecule has 0 aromatic carbocycles. The van der Waals surface area contributed by atoms with E-state index in [9.17, 15) is 4.79 Å². The van der Waals surface area contributed by atoms with E-state index in [0.29, 0.717) is 25.7 Å². The first-order valence-corrected chi connectivity index (χ1v) is 5.10. The Balaban J connectivity index is 3.15. The normalized spacial score (nSPS) is 10.6. The largest absolute Gasteiger partial charge is 0.462 e. The third-order valence-electron chi connectivity index (χ3n) is 1.46. The van der Waals surface area contributed by atoms with Crippen LogP contribution >= 0.6 is 0 Å². The summed E-state index contributed by atoms with van der Waals surface area (Å²) < 4.78 is 10.2. The van der Waals surface area contributed by atoms with E-state index in [1.807, 2.05) is 6.92 Å². The van der Waals surface area contributed by atoms with Crippen LogP contribution in [0, 0.1) is 5.92 Å². The van der Waals surface area contributed by atoms with Crippen LogP contribution in [0.3, 0.4) is 0 Å². The third kappa shape index (κ3) is 9.48. The van der Waals surface area contributed by atoms with Gasteiger partial charge in [-0.15, -0.1) is 0 Å². The maximum Gasteiger partial charge on any atom is 0.319 e. The van der Waals surface area contributed by atoms with Crippen molar-refractivity contribution in [1.29, 1.82) is 0 Å². The van der Waals surface area contributed by atoms with Crippen LogP contribution in [0.15, 0.2) is 0 Å². The lowest BCUT2D eigenvalue weighted by atomic mass is 10.2. The molecule has 0 amide bonds. The lowest BCUT2D eigenvalue weighted by Crippen LogP contribution is -2.25. The van der Waals surface area contributed by atoms with E-state index in [4.69, 9.17) is 9.47 Å². The van der Waals surface area contributed by atoms with Crippen molar-refractivity contribution in [3.05, 3.63) is 0 Å². The van der Waals surface area contributed by atoms with Gasteiger partial charge < -0.3 is 14.8 Å². The molecule has 84 valence electrons. The molecule has 0 spiro atoms. The lowest BCUT2D eigenvalue weighted by molar-refractivity contribution is -0.144. The van der Waals surface area contributed by atoms with E-state index >= 15 is 0 Å².